The summed E-state index contributed by atoms with van der Waals surface area (Å²) >= 11 is 0. The van der Waals surface area contributed by atoms with Crippen LogP contribution in [0.25, 0.3) is 0 Å². The van der Waals surface area contributed by atoms with Crippen LogP contribution < -0.4 is 0 Å². The van der Waals surface area contributed by atoms with Crippen molar-refractivity contribution in [1.29, 1.82) is 0 Å². The zero-order chi connectivity index (χ0) is 17.1. The maximum atomic E-state index is 13.9. The summed E-state index contributed by atoms with van der Waals surface area (Å²) in [5.74, 6) is -0.0953. The molecule has 0 saturated heterocycles. The van der Waals surface area contributed by atoms with E-state index >= 15 is 0 Å². The summed E-state index contributed by atoms with van der Waals surface area (Å²) in [4.78, 5) is 0. The molecule has 2 aromatic rings. The van der Waals surface area contributed by atoms with Gasteiger partial charge in [0.05, 0.1) is 0 Å². The molecule has 0 saturated carbocycles. The predicted molar refractivity (Wildman–Crippen MR) is 97.2 cm³/mol. The first-order chi connectivity index (χ1) is 10.6. The van der Waals surface area contributed by atoms with Gasteiger partial charge < -0.3 is 0 Å². The molecular weight excluding hydrogens is 283 g/mol. The molecule has 0 aliphatic heterocycles. The van der Waals surface area contributed by atoms with Gasteiger partial charge in [0, 0.05) is 0 Å². The molecule has 2 rings (SSSR count). The van der Waals surface area contributed by atoms with E-state index in [0.717, 1.165) is 24.8 Å². The van der Waals surface area contributed by atoms with Gasteiger partial charge >= 0.3 is 0 Å². The summed E-state index contributed by atoms with van der Waals surface area (Å²) in [6, 6.07) is 16.0. The Kier molecular flexibility index (Phi) is 5.29. The molecule has 23 heavy (non-hydrogen) atoms. The molecule has 0 atom stereocenters. The van der Waals surface area contributed by atoms with Crippen molar-refractivity contribution >= 4 is 0 Å². The fourth-order valence-electron chi connectivity index (χ4n) is 3.23. The van der Waals surface area contributed by atoms with Crippen molar-refractivity contribution in [2.24, 2.45) is 10.8 Å². The van der Waals surface area contributed by atoms with Crippen LogP contribution in [0.15, 0.2) is 48.5 Å². The molecule has 2 aromatic carbocycles. The van der Waals surface area contributed by atoms with Crippen molar-refractivity contribution in [3.8, 4) is 0 Å². The van der Waals surface area contributed by atoms with E-state index in [1.54, 1.807) is 12.1 Å². The van der Waals surface area contributed by atoms with E-state index in [2.05, 4.69) is 58.9 Å². The van der Waals surface area contributed by atoms with Crippen LogP contribution in [0.1, 0.15) is 51.3 Å². The molecule has 0 fully saturated rings. The second kappa shape index (κ2) is 6.86. The first-order valence-electron chi connectivity index (χ1n) is 8.46. The molecular formula is C22H29F. The Balaban J connectivity index is 2.11. The predicted octanol–water partition coefficient (Wildman–Crippen LogP) is 6.23. The van der Waals surface area contributed by atoms with Crippen molar-refractivity contribution in [2.75, 3.05) is 0 Å². The standard InChI is InChI=1S/C22H29F/c1-21(2,3)14-17-9-8-10-18(13-17)15-22(4,5)16-19-11-6-7-12-20(19)23/h6-13H,14-16H2,1-5H3. The third-order valence-corrected chi connectivity index (χ3v) is 4.04. The lowest BCUT2D eigenvalue weighted by atomic mass is 9.79. The molecule has 0 aliphatic carbocycles. The highest BCUT2D eigenvalue weighted by molar-refractivity contribution is 5.26. The van der Waals surface area contributed by atoms with E-state index in [1.165, 1.54) is 11.1 Å². The van der Waals surface area contributed by atoms with Gasteiger partial charge in [0.1, 0.15) is 5.82 Å². The van der Waals surface area contributed by atoms with Crippen molar-refractivity contribution in [3.05, 3.63) is 71.0 Å². The summed E-state index contributed by atoms with van der Waals surface area (Å²) in [6.07, 6.45) is 2.79. The average Bonchev–Trinajstić information content (AvgIpc) is 2.39. The summed E-state index contributed by atoms with van der Waals surface area (Å²) in [7, 11) is 0. The smallest absolute Gasteiger partial charge is 0.126 e. The molecule has 0 N–H and O–H groups in total. The van der Waals surface area contributed by atoms with E-state index in [4.69, 9.17) is 0 Å². The van der Waals surface area contributed by atoms with Crippen molar-refractivity contribution in [1.82, 2.24) is 0 Å². The molecule has 124 valence electrons. The van der Waals surface area contributed by atoms with E-state index in [1.807, 2.05) is 12.1 Å². The van der Waals surface area contributed by atoms with Gasteiger partial charge in [0.2, 0.25) is 0 Å². The number of halogens is 1. The fourth-order valence-corrected chi connectivity index (χ4v) is 3.23. The highest BCUT2D eigenvalue weighted by Crippen LogP contribution is 2.29. The second-order valence-electron chi connectivity index (χ2n) is 8.67. The lowest BCUT2D eigenvalue weighted by Gasteiger charge is -2.26. The minimum atomic E-state index is -0.0953. The number of hydrogen-bond donors (Lipinski definition) is 0. The highest BCUT2D eigenvalue weighted by atomic mass is 19.1. The zero-order valence-corrected chi connectivity index (χ0v) is 15.1. The lowest BCUT2D eigenvalue weighted by molar-refractivity contribution is 0.354. The SMILES string of the molecule is CC(C)(C)Cc1cccc(CC(C)(C)Cc2ccccc2F)c1. The minimum absolute atomic E-state index is 0.0303. The summed E-state index contributed by atoms with van der Waals surface area (Å²) in [5, 5.41) is 0. The molecule has 0 aromatic heterocycles. The molecule has 0 amide bonds. The maximum Gasteiger partial charge on any atom is 0.126 e. The quantitative estimate of drug-likeness (QED) is 0.614. The normalized spacial score (nSPS) is 12.4. The third-order valence-electron chi connectivity index (χ3n) is 4.04. The minimum Gasteiger partial charge on any atom is -0.207 e. The number of rotatable bonds is 5. The van der Waals surface area contributed by atoms with Crippen LogP contribution in [-0.4, -0.2) is 0 Å². The molecule has 0 nitrogen and oxygen atoms in total. The van der Waals surface area contributed by atoms with Crippen molar-refractivity contribution in [3.63, 3.8) is 0 Å². The highest BCUT2D eigenvalue weighted by Gasteiger charge is 2.21. The van der Waals surface area contributed by atoms with Gasteiger partial charge in [-0.1, -0.05) is 77.1 Å². The first-order valence-corrected chi connectivity index (χ1v) is 8.46. The van der Waals surface area contributed by atoms with Gasteiger partial charge in [0.15, 0.2) is 0 Å². The lowest BCUT2D eigenvalue weighted by Crippen LogP contribution is -2.19. The fraction of sp³-hybridized carbons (Fsp3) is 0.455. The molecule has 0 heterocycles. The van der Waals surface area contributed by atoms with Gasteiger partial charge in [-0.25, -0.2) is 4.39 Å². The van der Waals surface area contributed by atoms with E-state index in [-0.39, 0.29) is 11.2 Å². The average molecular weight is 312 g/mol. The van der Waals surface area contributed by atoms with Crippen molar-refractivity contribution in [2.45, 2.75) is 53.9 Å². The Bertz CT molecular complexity index is 647. The Labute approximate surface area is 140 Å². The van der Waals surface area contributed by atoms with Gasteiger partial charge in [-0.2, -0.15) is 0 Å². The van der Waals surface area contributed by atoms with Crippen LogP contribution in [0, 0.1) is 16.6 Å². The Morgan fingerprint density at radius 1 is 0.739 bits per heavy atom. The molecule has 0 radical (unpaired) electrons. The molecule has 0 bridgehead atoms. The summed E-state index contributed by atoms with van der Waals surface area (Å²) in [5.41, 5.74) is 3.86. The third kappa shape index (κ3) is 5.82. The Morgan fingerprint density at radius 2 is 1.35 bits per heavy atom. The maximum absolute atomic E-state index is 13.9. The first kappa shape index (κ1) is 17.7. The van der Waals surface area contributed by atoms with E-state index < -0.39 is 0 Å². The monoisotopic (exact) mass is 312 g/mol. The van der Waals surface area contributed by atoms with Crippen LogP contribution in [0.4, 0.5) is 4.39 Å². The summed E-state index contributed by atoms with van der Waals surface area (Å²) in [6.45, 7) is 11.2. The zero-order valence-electron chi connectivity index (χ0n) is 15.1. The van der Waals surface area contributed by atoms with Crippen LogP contribution in [0.5, 0.6) is 0 Å². The molecule has 0 spiro atoms. The van der Waals surface area contributed by atoms with Gasteiger partial charge in [-0.05, 0) is 52.8 Å². The Morgan fingerprint density at radius 3 is 1.96 bits per heavy atom. The second-order valence-corrected chi connectivity index (χ2v) is 8.67. The molecule has 0 unspecified atom stereocenters. The number of benzene rings is 2. The topological polar surface area (TPSA) is 0 Å². The van der Waals surface area contributed by atoms with Gasteiger partial charge in [-0.3, -0.25) is 0 Å². The van der Waals surface area contributed by atoms with Gasteiger partial charge in [-0.15, -0.1) is 0 Å². The largest absolute Gasteiger partial charge is 0.207 e. The van der Waals surface area contributed by atoms with Crippen molar-refractivity contribution < 1.29 is 4.39 Å². The Hall–Kier alpha value is -1.63. The van der Waals surface area contributed by atoms with E-state index in [0.29, 0.717) is 5.41 Å². The van der Waals surface area contributed by atoms with Crippen LogP contribution in [0.3, 0.4) is 0 Å². The van der Waals surface area contributed by atoms with Crippen LogP contribution in [-0.2, 0) is 19.3 Å². The molecule has 0 aliphatic rings. The van der Waals surface area contributed by atoms with E-state index in [9.17, 15) is 4.39 Å². The summed E-state index contributed by atoms with van der Waals surface area (Å²) < 4.78 is 13.9. The van der Waals surface area contributed by atoms with Crippen LogP contribution >= 0.6 is 0 Å². The van der Waals surface area contributed by atoms with Gasteiger partial charge in [0.25, 0.3) is 0 Å². The molecule has 1 heteroatoms. The number of hydrogen-bond acceptors (Lipinski definition) is 0. The van der Waals surface area contributed by atoms with Crippen LogP contribution in [0.2, 0.25) is 0 Å².